The predicted molar refractivity (Wildman–Crippen MR) is 50.6 cm³/mol. The topological polar surface area (TPSA) is 34.9 Å². The third-order valence-electron chi connectivity index (χ3n) is 2.54. The number of rotatable bonds is 1. The van der Waals surface area contributed by atoms with Crippen LogP contribution in [0.4, 0.5) is 13.2 Å². The normalized spacial score (nSPS) is 16.0. The molecule has 7 heteroatoms. The second-order valence-corrected chi connectivity index (χ2v) is 3.95. The quantitative estimate of drug-likeness (QED) is 0.720. The Kier molecular flexibility index (Phi) is 2.69. The third kappa shape index (κ3) is 1.81. The van der Waals surface area contributed by atoms with E-state index in [9.17, 15) is 18.0 Å². The van der Waals surface area contributed by atoms with Crippen LogP contribution >= 0.6 is 11.6 Å². The van der Waals surface area contributed by atoms with Crippen molar-refractivity contribution >= 4 is 17.4 Å². The van der Waals surface area contributed by atoms with Crippen molar-refractivity contribution < 1.29 is 18.0 Å². The van der Waals surface area contributed by atoms with Gasteiger partial charge < -0.3 is 4.57 Å². The fourth-order valence-electron chi connectivity index (χ4n) is 1.82. The van der Waals surface area contributed by atoms with Gasteiger partial charge in [0.05, 0.1) is 5.69 Å². The molecule has 0 unspecified atom stereocenters. The predicted octanol–water partition coefficient (Wildman–Crippen LogP) is 2.62. The number of alkyl halides is 3. The van der Waals surface area contributed by atoms with Crippen LogP contribution in [0.15, 0.2) is 0 Å². The summed E-state index contributed by atoms with van der Waals surface area (Å²) in [6.45, 7) is 0.520. The third-order valence-corrected chi connectivity index (χ3v) is 2.83. The molecule has 0 fully saturated rings. The molecule has 0 bridgehead atoms. The van der Waals surface area contributed by atoms with Crippen molar-refractivity contribution in [2.45, 2.75) is 32.0 Å². The van der Waals surface area contributed by atoms with Gasteiger partial charge in [-0.15, -0.1) is 0 Å². The summed E-state index contributed by atoms with van der Waals surface area (Å²) in [5, 5.41) is -0.0395. The van der Waals surface area contributed by atoms with Crippen molar-refractivity contribution in [3.8, 4) is 0 Å². The molecule has 2 rings (SSSR count). The summed E-state index contributed by atoms with van der Waals surface area (Å²) in [4.78, 5) is 14.6. The highest BCUT2D eigenvalue weighted by Gasteiger charge is 2.43. The zero-order valence-electron chi connectivity index (χ0n) is 8.14. The van der Waals surface area contributed by atoms with E-state index in [-0.39, 0.29) is 5.28 Å². The maximum Gasteiger partial charge on any atom is 0.456 e. The molecule has 1 aliphatic rings. The molecule has 88 valence electrons. The first-order chi connectivity index (χ1) is 7.41. The van der Waals surface area contributed by atoms with Gasteiger partial charge in [-0.2, -0.15) is 13.2 Å². The standard InChI is InChI=1S/C9H8ClF3N2O/c10-8-14-6(7(16)9(11,12)13)5-3-1-2-4-15(5)8/h1-4H2. The molecule has 0 radical (unpaired) electrons. The summed E-state index contributed by atoms with van der Waals surface area (Å²) >= 11 is 5.69. The molecule has 16 heavy (non-hydrogen) atoms. The average Bonchev–Trinajstić information content (AvgIpc) is 2.55. The highest BCUT2D eigenvalue weighted by Crippen LogP contribution is 2.28. The number of imidazole rings is 1. The monoisotopic (exact) mass is 252 g/mol. The first-order valence-electron chi connectivity index (χ1n) is 4.77. The van der Waals surface area contributed by atoms with Crippen LogP contribution in [-0.2, 0) is 13.0 Å². The molecular weight excluding hydrogens is 245 g/mol. The van der Waals surface area contributed by atoms with Crippen LogP contribution in [0.5, 0.6) is 0 Å². The summed E-state index contributed by atoms with van der Waals surface area (Å²) in [7, 11) is 0. The van der Waals surface area contributed by atoms with Crippen LogP contribution in [0.1, 0.15) is 29.0 Å². The van der Waals surface area contributed by atoms with E-state index in [0.29, 0.717) is 18.7 Å². The Hall–Kier alpha value is -1.04. The Balaban J connectivity index is 2.46. The number of carbonyl (C=O) groups excluding carboxylic acids is 1. The molecule has 1 aliphatic heterocycles. The molecular formula is C9H8ClF3N2O. The Morgan fingerprint density at radius 3 is 2.69 bits per heavy atom. The Morgan fingerprint density at radius 1 is 1.38 bits per heavy atom. The Morgan fingerprint density at radius 2 is 2.06 bits per heavy atom. The van der Waals surface area contributed by atoms with Gasteiger partial charge in [-0.1, -0.05) is 0 Å². The van der Waals surface area contributed by atoms with Crippen LogP contribution in [0.3, 0.4) is 0 Å². The molecule has 0 spiro atoms. The molecule has 0 amide bonds. The lowest BCUT2D eigenvalue weighted by molar-refractivity contribution is -0.0888. The van der Waals surface area contributed by atoms with Crippen molar-refractivity contribution in [2.75, 3.05) is 0 Å². The van der Waals surface area contributed by atoms with Crippen LogP contribution in [0.2, 0.25) is 5.28 Å². The van der Waals surface area contributed by atoms with Crippen LogP contribution in [0, 0.1) is 0 Å². The fraction of sp³-hybridized carbons (Fsp3) is 0.556. The van der Waals surface area contributed by atoms with Gasteiger partial charge >= 0.3 is 6.18 Å². The molecule has 0 atom stereocenters. The summed E-state index contributed by atoms with van der Waals surface area (Å²) in [5.74, 6) is -1.91. The molecule has 3 nitrogen and oxygen atoms in total. The molecule has 1 aromatic rings. The Bertz CT molecular complexity index is 439. The second-order valence-electron chi connectivity index (χ2n) is 3.61. The van der Waals surface area contributed by atoms with Gasteiger partial charge in [0.25, 0.3) is 5.78 Å². The molecule has 0 saturated carbocycles. The minimum atomic E-state index is -4.89. The summed E-state index contributed by atoms with van der Waals surface area (Å²) in [6, 6.07) is 0. The molecule has 0 aliphatic carbocycles. The molecule has 0 saturated heterocycles. The van der Waals surface area contributed by atoms with Crippen molar-refractivity contribution in [1.29, 1.82) is 0 Å². The van der Waals surface area contributed by atoms with Crippen molar-refractivity contribution in [3.05, 3.63) is 16.7 Å². The van der Waals surface area contributed by atoms with Gasteiger partial charge in [-0.3, -0.25) is 4.79 Å². The van der Waals surface area contributed by atoms with Gasteiger partial charge in [-0.05, 0) is 30.9 Å². The van der Waals surface area contributed by atoms with Crippen LogP contribution in [0.25, 0.3) is 0 Å². The van der Waals surface area contributed by atoms with Gasteiger partial charge in [0.1, 0.15) is 5.69 Å². The maximum absolute atomic E-state index is 12.3. The number of Topliss-reactive ketones (excluding diaryl/α,β-unsaturated/α-hetero) is 1. The molecule has 2 heterocycles. The SMILES string of the molecule is O=C(c1nc(Cl)n2c1CCCC2)C(F)(F)F. The lowest BCUT2D eigenvalue weighted by atomic mass is 10.1. The van der Waals surface area contributed by atoms with E-state index >= 15 is 0 Å². The zero-order valence-corrected chi connectivity index (χ0v) is 8.90. The molecule has 0 aromatic carbocycles. The minimum Gasteiger partial charge on any atom is -0.318 e. The average molecular weight is 253 g/mol. The molecule has 0 N–H and O–H groups in total. The van der Waals surface area contributed by atoms with E-state index in [4.69, 9.17) is 11.6 Å². The van der Waals surface area contributed by atoms with Crippen molar-refractivity contribution in [1.82, 2.24) is 9.55 Å². The highest BCUT2D eigenvalue weighted by atomic mass is 35.5. The van der Waals surface area contributed by atoms with Crippen LogP contribution < -0.4 is 0 Å². The van der Waals surface area contributed by atoms with E-state index in [1.165, 1.54) is 4.57 Å². The minimum absolute atomic E-state index is 0.0395. The maximum atomic E-state index is 12.3. The second kappa shape index (κ2) is 3.76. The van der Waals surface area contributed by atoms with E-state index in [2.05, 4.69) is 4.98 Å². The number of nitrogens with zero attached hydrogens (tertiary/aromatic N) is 2. The summed E-state index contributed by atoms with van der Waals surface area (Å²) < 4.78 is 38.3. The smallest absolute Gasteiger partial charge is 0.318 e. The van der Waals surface area contributed by atoms with Gasteiger partial charge in [0.2, 0.25) is 5.28 Å². The summed E-state index contributed by atoms with van der Waals surface area (Å²) in [5.41, 5.74) is -0.240. The number of ketones is 1. The van der Waals surface area contributed by atoms with Crippen molar-refractivity contribution in [2.24, 2.45) is 0 Å². The van der Waals surface area contributed by atoms with Gasteiger partial charge in [0, 0.05) is 6.54 Å². The first-order valence-corrected chi connectivity index (χ1v) is 5.15. The number of carbonyl (C=O) groups is 1. The van der Waals surface area contributed by atoms with E-state index < -0.39 is 17.7 Å². The van der Waals surface area contributed by atoms with E-state index in [1.54, 1.807) is 0 Å². The zero-order chi connectivity index (χ0) is 11.9. The largest absolute Gasteiger partial charge is 0.456 e. The van der Waals surface area contributed by atoms with Gasteiger partial charge in [-0.25, -0.2) is 4.98 Å². The lowest BCUT2D eigenvalue weighted by Crippen LogP contribution is -2.25. The summed E-state index contributed by atoms with van der Waals surface area (Å²) in [6.07, 6.45) is -2.89. The van der Waals surface area contributed by atoms with E-state index in [0.717, 1.165) is 12.8 Å². The van der Waals surface area contributed by atoms with Gasteiger partial charge in [0.15, 0.2) is 0 Å². The Labute approximate surface area is 94.2 Å². The fourth-order valence-corrected chi connectivity index (χ4v) is 2.09. The number of aromatic nitrogens is 2. The van der Waals surface area contributed by atoms with Crippen LogP contribution in [-0.4, -0.2) is 21.5 Å². The number of halogens is 4. The number of hydrogen-bond acceptors (Lipinski definition) is 2. The number of hydrogen-bond donors (Lipinski definition) is 0. The first kappa shape index (κ1) is 11.4. The highest BCUT2D eigenvalue weighted by molar-refractivity contribution is 6.28. The van der Waals surface area contributed by atoms with E-state index in [1.807, 2.05) is 0 Å². The molecule has 1 aromatic heterocycles. The van der Waals surface area contributed by atoms with Crippen molar-refractivity contribution in [3.63, 3.8) is 0 Å². The number of fused-ring (bicyclic) bond motifs is 1. The lowest BCUT2D eigenvalue weighted by Gasteiger charge is -2.15.